The molecule has 6 spiro atoms. The number of ether oxygens (including phenoxy) is 2. The van der Waals surface area contributed by atoms with Crippen molar-refractivity contribution >= 4 is 45.4 Å². The summed E-state index contributed by atoms with van der Waals surface area (Å²) in [6.45, 7) is 3.43. The molecular weight excluding hydrogens is 1130 g/mol. The number of nitrogens with zero attached hydrogens (tertiary/aromatic N) is 3. The first-order valence-corrected chi connectivity index (χ1v) is 36.9. The summed E-state index contributed by atoms with van der Waals surface area (Å²) in [5.41, 5.74) is 21.4. The number of fused-ring (bicyclic) bond motifs is 2. The van der Waals surface area contributed by atoms with Crippen molar-refractivity contribution in [3.05, 3.63) is 70.8 Å². The van der Waals surface area contributed by atoms with Gasteiger partial charge in [0, 0.05) is 90.9 Å². The lowest BCUT2D eigenvalue weighted by atomic mass is 9.49. The lowest BCUT2D eigenvalue weighted by Crippen LogP contribution is -2.56. The van der Waals surface area contributed by atoms with Gasteiger partial charge in [-0.25, -0.2) is 0 Å². The number of hydrogen-bond acceptors (Lipinski definition) is 13. The predicted molar refractivity (Wildman–Crippen MR) is 344 cm³/mol. The van der Waals surface area contributed by atoms with E-state index in [2.05, 4.69) is 80.4 Å². The summed E-state index contributed by atoms with van der Waals surface area (Å²) in [4.78, 5) is 40.3. The van der Waals surface area contributed by atoms with Crippen LogP contribution in [-0.4, -0.2) is 97.7 Å². The third kappa shape index (κ3) is 9.55. The van der Waals surface area contributed by atoms with Gasteiger partial charge in [0.2, 0.25) is 5.91 Å². The summed E-state index contributed by atoms with van der Waals surface area (Å²) in [7, 11) is 4.13. The summed E-state index contributed by atoms with van der Waals surface area (Å²) in [5.74, 6) is 4.36. The fourth-order valence-corrected chi connectivity index (χ4v) is 27.8. The molecule has 18 unspecified atom stereocenters. The Morgan fingerprint density at radius 1 is 0.851 bits per heavy atom. The maximum absolute atomic E-state index is 15.1. The Bertz CT molecular complexity index is 3080. The molecular formula is C71H99N7O7S2. The largest absolute Gasteiger partial charge is 0.504 e. The minimum Gasteiger partial charge on any atom is -0.504 e. The van der Waals surface area contributed by atoms with E-state index in [1.54, 1.807) is 0 Å². The molecule has 87 heavy (non-hydrogen) atoms. The molecule has 472 valence electrons. The number of aliphatic hydroxyl groups excluding tert-OH is 2. The number of phenols is 1. The molecule has 14 nitrogen and oxygen atoms in total. The van der Waals surface area contributed by atoms with Crippen LogP contribution >= 0.6 is 21.6 Å². The maximum Gasteiger partial charge on any atom is 0.303 e. The molecule has 6 heterocycles. The Morgan fingerprint density at radius 2 is 1.63 bits per heavy atom. The minimum atomic E-state index is -0.888. The van der Waals surface area contributed by atoms with Gasteiger partial charge in [0.25, 0.3) is 0 Å². The molecule has 18 rings (SSSR count). The van der Waals surface area contributed by atoms with Crippen LogP contribution in [0.1, 0.15) is 214 Å². The van der Waals surface area contributed by atoms with E-state index in [0.717, 1.165) is 132 Å². The SMILES string of the molecule is CC(=O)OC12CCc3cc(c(O)c4c3C3C=CC5(CCCC5C3)O4)CN3CC4(CC3=O)C(CCC4c3ccccc3)CN=C(N)NC3(CCCC34CCCC4)SSCC3CCC(CC34CCCC43CC4CCC(CN=C(N)N)C4C3O)C(CC1)C(O)C2. The zero-order valence-corrected chi connectivity index (χ0v) is 53.4. The van der Waals surface area contributed by atoms with Crippen molar-refractivity contribution in [1.29, 1.82) is 0 Å². The number of rotatable bonds is 4. The second kappa shape index (κ2) is 22.3. The van der Waals surface area contributed by atoms with E-state index in [0.29, 0.717) is 86.8 Å². The molecule has 6 aliphatic heterocycles. The number of hydrogen-bond donors (Lipinski definition) is 7. The molecule has 10 bridgehead atoms. The Morgan fingerprint density at radius 3 is 2.45 bits per heavy atom. The molecule has 10 N–H and O–H groups in total. The van der Waals surface area contributed by atoms with Gasteiger partial charge in [-0.1, -0.05) is 77.3 Å². The highest BCUT2D eigenvalue weighted by Gasteiger charge is 2.70. The quantitative estimate of drug-likeness (QED) is 0.0497. The van der Waals surface area contributed by atoms with Gasteiger partial charge in [0.1, 0.15) is 16.1 Å². The number of nitrogens with one attached hydrogen (secondary N) is 1. The van der Waals surface area contributed by atoms with E-state index in [1.165, 1.54) is 44.6 Å². The van der Waals surface area contributed by atoms with Gasteiger partial charge in [-0.05, 0) is 224 Å². The standard InChI is InChI=1S/C71H99N7O7S2/c1-43(79)84-66-29-19-45-32-50(60(82)61-58(45)46-20-31-70(85-61)27-7-12-51(70)33-46)40-78-42-67(37-57(78)81)52(17-18-55(67)44-10-3-2-4-11-44)39-76-64(74)77-71(28-8-24-65(71)22-5-6-23-65)87-86-41-53-16-15-47(54(21-30-66)56(80)36-66)34-68(53)25-9-26-69(68)35-48-13-14-49(38-75-63(72)73)59(48)62(69)83/h2-4,10-11,20,31-32,46-49,51-56,59,62,80,82-83H,5-9,12-19,21-30,33-42H2,1H3,(H4,72,73,75)(H3,74,76,77). The highest BCUT2D eigenvalue weighted by atomic mass is 33.1. The van der Waals surface area contributed by atoms with Crippen LogP contribution in [0.2, 0.25) is 0 Å². The number of carbonyl (C=O) groups is 2. The van der Waals surface area contributed by atoms with E-state index in [-0.39, 0.29) is 92.7 Å². The number of allylic oxidation sites excluding steroid dienone is 1. The molecule has 0 radical (unpaired) electrons. The number of benzene rings is 2. The number of carbonyl (C=O) groups excluding carboxylic acids is 2. The summed E-state index contributed by atoms with van der Waals surface area (Å²) >= 11 is 0. The highest BCUT2D eigenvalue weighted by Crippen LogP contribution is 2.75. The van der Waals surface area contributed by atoms with Crippen molar-refractivity contribution in [2.45, 2.75) is 233 Å². The zero-order chi connectivity index (χ0) is 59.7. The average Bonchev–Trinajstić information content (AvgIpc) is 1.58. The average molecular weight is 1230 g/mol. The molecule has 9 saturated carbocycles. The van der Waals surface area contributed by atoms with E-state index in [1.807, 2.05) is 4.90 Å². The van der Waals surface area contributed by atoms with Crippen molar-refractivity contribution in [3.63, 3.8) is 0 Å². The van der Waals surface area contributed by atoms with E-state index >= 15 is 4.79 Å². The first-order chi connectivity index (χ1) is 42.0. The number of aliphatic imine (C=N–C) groups is 2. The van der Waals surface area contributed by atoms with Crippen molar-refractivity contribution in [1.82, 2.24) is 10.2 Å². The molecule has 18 atom stereocenters. The monoisotopic (exact) mass is 1230 g/mol. The van der Waals surface area contributed by atoms with Crippen LogP contribution in [0.5, 0.6) is 11.5 Å². The number of nitrogens with two attached hydrogens (primary N) is 3. The summed E-state index contributed by atoms with van der Waals surface area (Å²) in [5, 5.41) is 43.2. The number of phenolic OH excluding ortho intramolecular Hbond substituents is 1. The molecule has 0 aromatic heterocycles. The molecule has 10 aliphatic carbocycles. The number of amides is 1. The normalized spacial score (nSPS) is 43.6. The predicted octanol–water partition coefficient (Wildman–Crippen LogP) is 11.7. The summed E-state index contributed by atoms with van der Waals surface area (Å²) < 4.78 is 13.9. The van der Waals surface area contributed by atoms with Crippen LogP contribution in [0.3, 0.4) is 0 Å². The van der Waals surface area contributed by atoms with Gasteiger partial charge in [-0.3, -0.25) is 19.6 Å². The van der Waals surface area contributed by atoms with Gasteiger partial charge in [0.15, 0.2) is 23.4 Å². The third-order valence-corrected chi connectivity index (χ3v) is 30.9. The van der Waals surface area contributed by atoms with Crippen LogP contribution in [0.15, 0.2) is 58.5 Å². The fourth-order valence-electron chi connectivity index (χ4n) is 23.9. The van der Waals surface area contributed by atoms with Crippen LogP contribution in [0.25, 0.3) is 0 Å². The second-order valence-corrected chi connectivity index (χ2v) is 33.8. The molecule has 16 heteroatoms. The number of aromatic hydroxyl groups is 1. The number of guanidine groups is 2. The second-order valence-electron chi connectivity index (χ2n) is 31.2. The number of esters is 1. The lowest BCUT2D eigenvalue weighted by molar-refractivity contribution is -0.173. The minimum absolute atomic E-state index is 0.0410. The Hall–Kier alpha value is -4.12. The van der Waals surface area contributed by atoms with Crippen molar-refractivity contribution in [2.75, 3.05) is 25.4 Å². The van der Waals surface area contributed by atoms with Gasteiger partial charge >= 0.3 is 5.97 Å². The van der Waals surface area contributed by atoms with Crippen molar-refractivity contribution < 1.29 is 34.4 Å². The summed E-state index contributed by atoms with van der Waals surface area (Å²) in [6, 6.07) is 13.0. The fraction of sp³-hybridized carbons (Fsp3) is 0.746. The van der Waals surface area contributed by atoms with Crippen LogP contribution in [0, 0.1) is 69.0 Å². The molecule has 1 saturated heterocycles. The molecule has 10 fully saturated rings. The van der Waals surface area contributed by atoms with E-state index < -0.39 is 28.8 Å². The van der Waals surface area contributed by atoms with E-state index in [9.17, 15) is 20.1 Å². The third-order valence-electron chi connectivity index (χ3n) is 27.6. The summed E-state index contributed by atoms with van der Waals surface area (Å²) in [6.07, 6.45) is 30.4. The smallest absolute Gasteiger partial charge is 0.303 e. The molecule has 16 aliphatic rings. The number of aliphatic hydroxyl groups is 2. The molecule has 2 aromatic carbocycles. The van der Waals surface area contributed by atoms with Crippen LogP contribution in [0.4, 0.5) is 0 Å². The van der Waals surface area contributed by atoms with Gasteiger partial charge < -0.3 is 52.2 Å². The Kier molecular flexibility index (Phi) is 15.2. The highest BCUT2D eigenvalue weighted by molar-refractivity contribution is 8.77. The Balaban J connectivity index is 0.822. The molecule has 1 amide bonds. The van der Waals surface area contributed by atoms with Crippen molar-refractivity contribution in [3.8, 4) is 11.5 Å². The lowest BCUT2D eigenvalue weighted by Gasteiger charge is -2.58. The Labute approximate surface area is 524 Å². The van der Waals surface area contributed by atoms with Crippen LogP contribution < -0.4 is 27.3 Å². The maximum atomic E-state index is 15.1. The van der Waals surface area contributed by atoms with Gasteiger partial charge in [-0.2, -0.15) is 0 Å². The molecule has 2 aromatic rings. The topological polar surface area (TPSA) is 231 Å². The van der Waals surface area contributed by atoms with Gasteiger partial charge in [0.05, 0.1) is 12.2 Å². The van der Waals surface area contributed by atoms with Crippen LogP contribution in [-0.2, 0) is 27.3 Å². The number of aryl methyl sites for hydroxylation is 1. The van der Waals surface area contributed by atoms with Gasteiger partial charge in [-0.15, -0.1) is 0 Å². The zero-order valence-electron chi connectivity index (χ0n) is 51.7. The first-order valence-electron chi connectivity index (χ1n) is 34.6. The first kappa shape index (κ1) is 59.2. The van der Waals surface area contributed by atoms with Crippen molar-refractivity contribution in [2.24, 2.45) is 96.2 Å². The van der Waals surface area contributed by atoms with E-state index in [4.69, 9.17) is 31.7 Å².